The van der Waals surface area contributed by atoms with Crippen molar-refractivity contribution in [3.63, 3.8) is 0 Å². The standard InChI is InChI=1S/C11H15NO/c1-3-12(4-2)11(13)10-8-6-5-7-9-10/h5-9H,3-4H2,1-2H3/i8D,9D. The van der Waals surface area contributed by atoms with Gasteiger partial charge in [-0.15, -0.1) is 0 Å². The van der Waals surface area contributed by atoms with E-state index in [0.717, 1.165) is 0 Å². The minimum atomic E-state index is -0.226. The second kappa shape index (κ2) is 4.65. The van der Waals surface area contributed by atoms with Crippen LogP contribution in [0, 0.1) is 0 Å². The molecule has 70 valence electrons. The Kier molecular flexibility index (Phi) is 2.55. The number of amides is 1. The monoisotopic (exact) mass is 179 g/mol. The Balaban J connectivity index is 3.10. The molecule has 13 heavy (non-hydrogen) atoms. The van der Waals surface area contributed by atoms with Crippen LogP contribution in [0.15, 0.2) is 30.3 Å². The molecule has 0 aliphatic rings. The van der Waals surface area contributed by atoms with E-state index in [1.165, 1.54) is 12.1 Å². The van der Waals surface area contributed by atoms with Crippen LogP contribution in [0.4, 0.5) is 0 Å². The Bertz CT molecular complexity index is 341. The molecular formula is C11H15NO. The summed E-state index contributed by atoms with van der Waals surface area (Å²) in [6.07, 6.45) is 0. The molecule has 0 bridgehead atoms. The van der Waals surface area contributed by atoms with E-state index in [1.54, 1.807) is 11.0 Å². The van der Waals surface area contributed by atoms with Gasteiger partial charge in [0.1, 0.15) is 0 Å². The fourth-order valence-electron chi connectivity index (χ4n) is 1.15. The smallest absolute Gasteiger partial charge is 0.253 e. The molecule has 0 radical (unpaired) electrons. The van der Waals surface area contributed by atoms with Gasteiger partial charge in [-0.05, 0) is 25.9 Å². The van der Waals surface area contributed by atoms with Crippen molar-refractivity contribution in [3.8, 4) is 0 Å². The SMILES string of the molecule is [2H]c1cccc([2H])c1C(=O)N(CC)CC. The molecule has 0 aromatic heterocycles. The summed E-state index contributed by atoms with van der Waals surface area (Å²) in [6.45, 7) is 4.97. The molecule has 0 unspecified atom stereocenters. The highest BCUT2D eigenvalue weighted by Gasteiger charge is 2.10. The van der Waals surface area contributed by atoms with Gasteiger partial charge in [0.25, 0.3) is 5.91 Å². The zero-order valence-electron chi connectivity index (χ0n) is 10.0. The molecule has 0 saturated carbocycles. The largest absolute Gasteiger partial charge is 0.339 e. The van der Waals surface area contributed by atoms with Crippen molar-refractivity contribution < 1.29 is 7.54 Å². The van der Waals surface area contributed by atoms with Crippen molar-refractivity contribution in [2.24, 2.45) is 0 Å². The lowest BCUT2D eigenvalue weighted by molar-refractivity contribution is 0.0773. The number of carbonyl (C=O) groups is 1. The summed E-state index contributed by atoms with van der Waals surface area (Å²) in [7, 11) is 0. The van der Waals surface area contributed by atoms with Gasteiger partial charge < -0.3 is 4.90 Å². The molecule has 0 spiro atoms. The van der Waals surface area contributed by atoms with Gasteiger partial charge >= 0.3 is 0 Å². The lowest BCUT2D eigenvalue weighted by Gasteiger charge is -2.18. The number of nitrogens with zero attached hydrogens (tertiary/aromatic N) is 1. The summed E-state index contributed by atoms with van der Waals surface area (Å²) in [4.78, 5) is 13.6. The number of hydrogen-bond acceptors (Lipinski definition) is 1. The minimum absolute atomic E-state index is 0.124. The lowest BCUT2D eigenvalue weighted by atomic mass is 10.2. The highest BCUT2D eigenvalue weighted by Crippen LogP contribution is 2.03. The first-order valence-corrected chi connectivity index (χ1v) is 4.47. The molecule has 1 aromatic rings. The molecule has 1 rings (SSSR count). The van der Waals surface area contributed by atoms with Gasteiger partial charge in [0, 0.05) is 18.7 Å². The average Bonchev–Trinajstić information content (AvgIpc) is 2.19. The molecule has 0 aliphatic heterocycles. The molecule has 0 heterocycles. The van der Waals surface area contributed by atoms with E-state index >= 15 is 0 Å². The highest BCUT2D eigenvalue weighted by molar-refractivity contribution is 5.94. The molecule has 0 fully saturated rings. The normalized spacial score (nSPS) is 11.8. The Hall–Kier alpha value is -1.31. The van der Waals surface area contributed by atoms with Crippen molar-refractivity contribution in [1.82, 2.24) is 4.90 Å². The first-order valence-electron chi connectivity index (χ1n) is 5.47. The van der Waals surface area contributed by atoms with E-state index < -0.39 is 0 Å². The maximum Gasteiger partial charge on any atom is 0.253 e. The van der Waals surface area contributed by atoms with Crippen LogP contribution >= 0.6 is 0 Å². The Labute approximate surface area is 82.0 Å². The first-order chi connectivity index (χ1) is 7.11. The number of benzene rings is 1. The van der Waals surface area contributed by atoms with E-state index in [-0.39, 0.29) is 23.6 Å². The second-order valence-corrected chi connectivity index (χ2v) is 2.67. The van der Waals surface area contributed by atoms with Crippen LogP contribution < -0.4 is 0 Å². The van der Waals surface area contributed by atoms with Crippen molar-refractivity contribution in [1.29, 1.82) is 0 Å². The predicted octanol–water partition coefficient (Wildman–Crippen LogP) is 2.17. The van der Waals surface area contributed by atoms with Gasteiger partial charge in [-0.25, -0.2) is 0 Å². The quantitative estimate of drug-likeness (QED) is 0.696. The topological polar surface area (TPSA) is 20.3 Å². The summed E-state index contributed by atoms with van der Waals surface area (Å²) in [5.74, 6) is -0.226. The van der Waals surface area contributed by atoms with Crippen LogP contribution in [0.25, 0.3) is 0 Å². The molecular weight excluding hydrogens is 162 g/mol. The predicted molar refractivity (Wildman–Crippen MR) is 53.7 cm³/mol. The third-order valence-electron chi connectivity index (χ3n) is 1.91. The molecule has 1 aromatic carbocycles. The second-order valence-electron chi connectivity index (χ2n) is 2.67. The van der Waals surface area contributed by atoms with Crippen LogP contribution in [0.5, 0.6) is 0 Å². The summed E-state index contributed by atoms with van der Waals surface area (Å²) >= 11 is 0. The molecule has 1 amide bonds. The van der Waals surface area contributed by atoms with Crippen molar-refractivity contribution >= 4 is 5.91 Å². The number of hydrogen-bond donors (Lipinski definition) is 0. The maximum absolute atomic E-state index is 11.9. The van der Waals surface area contributed by atoms with E-state index in [4.69, 9.17) is 2.74 Å². The number of rotatable bonds is 3. The van der Waals surface area contributed by atoms with Gasteiger partial charge in [0.15, 0.2) is 0 Å². The van der Waals surface area contributed by atoms with Crippen molar-refractivity contribution in [3.05, 3.63) is 35.8 Å². The maximum atomic E-state index is 11.9. The van der Waals surface area contributed by atoms with Crippen LogP contribution in [0.2, 0.25) is 0 Å². The Morgan fingerprint density at radius 1 is 1.31 bits per heavy atom. The Morgan fingerprint density at radius 3 is 2.31 bits per heavy atom. The van der Waals surface area contributed by atoms with E-state index in [2.05, 4.69) is 0 Å². The molecule has 0 saturated heterocycles. The molecule has 2 heteroatoms. The van der Waals surface area contributed by atoms with Crippen LogP contribution in [0.3, 0.4) is 0 Å². The molecule has 0 N–H and O–H groups in total. The fourth-order valence-corrected chi connectivity index (χ4v) is 1.15. The summed E-state index contributed by atoms with van der Waals surface area (Å²) in [5.41, 5.74) is 0.196. The van der Waals surface area contributed by atoms with Crippen LogP contribution in [0.1, 0.15) is 26.9 Å². The summed E-state index contributed by atoms with van der Waals surface area (Å²) in [5, 5.41) is 0. The lowest BCUT2D eigenvalue weighted by Crippen LogP contribution is -2.30. The molecule has 2 nitrogen and oxygen atoms in total. The molecule has 0 aliphatic carbocycles. The molecule has 0 atom stereocenters. The fraction of sp³-hybridized carbons (Fsp3) is 0.364. The average molecular weight is 179 g/mol. The van der Waals surface area contributed by atoms with Crippen LogP contribution in [-0.4, -0.2) is 23.9 Å². The van der Waals surface area contributed by atoms with Gasteiger partial charge in [0.05, 0.1) is 2.74 Å². The summed E-state index contributed by atoms with van der Waals surface area (Å²) in [6, 6.07) is 4.94. The minimum Gasteiger partial charge on any atom is -0.339 e. The third-order valence-corrected chi connectivity index (χ3v) is 1.91. The summed E-state index contributed by atoms with van der Waals surface area (Å²) < 4.78 is 15.2. The van der Waals surface area contributed by atoms with Crippen LogP contribution in [-0.2, 0) is 0 Å². The van der Waals surface area contributed by atoms with Gasteiger partial charge in [-0.3, -0.25) is 4.79 Å². The van der Waals surface area contributed by atoms with Crippen molar-refractivity contribution in [2.75, 3.05) is 13.1 Å². The number of carbonyl (C=O) groups excluding carboxylic acids is 1. The van der Waals surface area contributed by atoms with E-state index in [9.17, 15) is 4.79 Å². The van der Waals surface area contributed by atoms with Crippen molar-refractivity contribution in [2.45, 2.75) is 13.8 Å². The Morgan fingerprint density at radius 2 is 1.85 bits per heavy atom. The first kappa shape index (κ1) is 7.13. The van der Waals surface area contributed by atoms with Gasteiger partial charge in [-0.2, -0.15) is 0 Å². The van der Waals surface area contributed by atoms with E-state index in [0.29, 0.717) is 13.1 Å². The van der Waals surface area contributed by atoms with Gasteiger partial charge in [-0.1, -0.05) is 18.2 Å². The zero-order valence-corrected chi connectivity index (χ0v) is 8.00. The third kappa shape index (κ3) is 2.31. The highest BCUT2D eigenvalue weighted by atomic mass is 16.2. The zero-order chi connectivity index (χ0) is 11.4. The van der Waals surface area contributed by atoms with Gasteiger partial charge in [0.2, 0.25) is 0 Å². The van der Waals surface area contributed by atoms with E-state index in [1.807, 2.05) is 13.8 Å².